The number of aliphatic carboxylic acids is 1. The lowest BCUT2D eigenvalue weighted by molar-refractivity contribution is -0.142. The largest absolute Gasteiger partial charge is 0.480 e. The maximum atomic E-state index is 13.0. The molecule has 0 aromatic carbocycles. The number of rotatable bonds is 18. The Bertz CT molecular complexity index is 890. The molecular weight excluding hydrogens is 488 g/mol. The molecule has 3 amide bonds. The smallest absolute Gasteiger partial charge is 0.326 e. The number of aliphatic hydroxyl groups is 1. The van der Waals surface area contributed by atoms with E-state index in [1.165, 1.54) is 12.5 Å². The van der Waals surface area contributed by atoms with Crippen LogP contribution >= 0.6 is 0 Å². The van der Waals surface area contributed by atoms with Gasteiger partial charge in [-0.05, 0) is 38.6 Å². The van der Waals surface area contributed by atoms with Crippen molar-refractivity contribution in [1.82, 2.24) is 25.9 Å². The first-order valence-electron chi connectivity index (χ1n) is 11.8. The van der Waals surface area contributed by atoms with E-state index in [1.54, 1.807) is 0 Å². The van der Waals surface area contributed by atoms with E-state index in [0.717, 1.165) is 0 Å². The Hall–Kier alpha value is -3.76. The number of aromatic amines is 1. The van der Waals surface area contributed by atoms with Crippen LogP contribution in [0, 0.1) is 0 Å². The van der Waals surface area contributed by atoms with Gasteiger partial charge in [0.25, 0.3) is 0 Å². The molecule has 208 valence electrons. The van der Waals surface area contributed by atoms with Crippen molar-refractivity contribution in [2.24, 2.45) is 27.9 Å². The van der Waals surface area contributed by atoms with Crippen LogP contribution in [0.15, 0.2) is 17.5 Å². The minimum Gasteiger partial charge on any atom is -0.480 e. The van der Waals surface area contributed by atoms with Crippen molar-refractivity contribution in [2.45, 2.75) is 62.7 Å². The van der Waals surface area contributed by atoms with Crippen LogP contribution in [0.2, 0.25) is 0 Å². The molecule has 0 aliphatic carbocycles. The van der Waals surface area contributed by atoms with Crippen LogP contribution in [0.4, 0.5) is 0 Å². The highest BCUT2D eigenvalue weighted by Crippen LogP contribution is 2.04. The summed E-state index contributed by atoms with van der Waals surface area (Å²) < 4.78 is 0. The standard InChI is InChI=1S/C21H38N10O6/c22-6-2-1-5-14(20(36)37)29-19(35)16(10-32)31-18(34)15(8-12-9-26-11-28-12)30-17(33)13(23)4-3-7-27-21(24)25/h9,11,13-16,32H,1-8,10,22-23H2,(H,26,28)(H,29,35)(H,30,33)(H,31,34)(H,36,37)(H4,24,25,27). The normalized spacial score (nSPS) is 14.0. The van der Waals surface area contributed by atoms with Gasteiger partial charge in [-0.2, -0.15) is 0 Å². The Morgan fingerprint density at radius 2 is 1.62 bits per heavy atom. The predicted octanol–water partition coefficient (Wildman–Crippen LogP) is -4.01. The summed E-state index contributed by atoms with van der Waals surface area (Å²) in [7, 11) is 0. The lowest BCUT2D eigenvalue weighted by Crippen LogP contribution is -2.58. The third-order valence-electron chi connectivity index (χ3n) is 5.29. The molecule has 0 spiro atoms. The van der Waals surface area contributed by atoms with E-state index in [9.17, 15) is 29.4 Å². The Morgan fingerprint density at radius 3 is 2.19 bits per heavy atom. The molecule has 4 atom stereocenters. The van der Waals surface area contributed by atoms with Crippen molar-refractivity contribution in [3.8, 4) is 0 Å². The van der Waals surface area contributed by atoms with E-state index < -0.39 is 54.5 Å². The molecule has 1 rings (SSSR count). The van der Waals surface area contributed by atoms with E-state index in [0.29, 0.717) is 31.5 Å². The van der Waals surface area contributed by atoms with Crippen molar-refractivity contribution in [2.75, 3.05) is 19.7 Å². The van der Waals surface area contributed by atoms with Gasteiger partial charge in [0.05, 0.1) is 19.0 Å². The molecule has 37 heavy (non-hydrogen) atoms. The van der Waals surface area contributed by atoms with Crippen LogP contribution < -0.4 is 38.9 Å². The number of hydrogen-bond donors (Lipinski definition) is 10. The topological polar surface area (TPSA) is 290 Å². The van der Waals surface area contributed by atoms with Gasteiger partial charge < -0.3 is 54.1 Å². The van der Waals surface area contributed by atoms with Crippen LogP contribution in [0.25, 0.3) is 0 Å². The second kappa shape index (κ2) is 16.8. The van der Waals surface area contributed by atoms with E-state index >= 15 is 0 Å². The van der Waals surface area contributed by atoms with Crippen molar-refractivity contribution < 1.29 is 29.4 Å². The van der Waals surface area contributed by atoms with Crippen LogP contribution in [0.5, 0.6) is 0 Å². The second-order valence-corrected chi connectivity index (χ2v) is 8.33. The lowest BCUT2D eigenvalue weighted by Gasteiger charge is -2.24. The Kier molecular flexibility index (Phi) is 14.2. The number of aliphatic hydroxyl groups excluding tert-OH is 1. The summed E-state index contributed by atoms with van der Waals surface area (Å²) >= 11 is 0. The molecule has 1 heterocycles. The number of carbonyl (C=O) groups is 4. The number of amides is 3. The number of carboxylic acid groups (broad SMARTS) is 1. The maximum Gasteiger partial charge on any atom is 0.326 e. The summed E-state index contributed by atoms with van der Waals surface area (Å²) in [4.78, 5) is 60.2. The van der Waals surface area contributed by atoms with Gasteiger partial charge in [-0.25, -0.2) is 9.78 Å². The number of carbonyl (C=O) groups excluding carboxylic acids is 3. The van der Waals surface area contributed by atoms with Crippen LogP contribution in [-0.2, 0) is 25.6 Å². The van der Waals surface area contributed by atoms with Crippen LogP contribution in [-0.4, -0.2) is 93.7 Å². The fourth-order valence-corrected chi connectivity index (χ4v) is 3.24. The van der Waals surface area contributed by atoms with E-state index in [2.05, 4.69) is 30.9 Å². The number of nitrogens with one attached hydrogen (secondary N) is 4. The van der Waals surface area contributed by atoms with Crippen LogP contribution in [0.3, 0.4) is 0 Å². The summed E-state index contributed by atoms with van der Waals surface area (Å²) in [5, 5.41) is 26.2. The van der Waals surface area contributed by atoms with E-state index in [4.69, 9.17) is 22.9 Å². The number of carboxylic acids is 1. The molecule has 0 fully saturated rings. The highest BCUT2D eigenvalue weighted by Gasteiger charge is 2.30. The average Bonchev–Trinajstić information content (AvgIpc) is 3.36. The number of imidazole rings is 1. The van der Waals surface area contributed by atoms with Gasteiger partial charge >= 0.3 is 5.97 Å². The minimum atomic E-state index is -1.46. The Labute approximate surface area is 214 Å². The third kappa shape index (κ3) is 12.2. The molecule has 16 nitrogen and oxygen atoms in total. The van der Waals surface area contributed by atoms with Crippen molar-refractivity contribution >= 4 is 29.7 Å². The van der Waals surface area contributed by atoms with E-state index in [1.807, 2.05) is 0 Å². The fraction of sp³-hybridized carbons (Fsp3) is 0.619. The Balaban J connectivity index is 2.85. The summed E-state index contributed by atoms with van der Waals surface area (Å²) in [6.07, 6.45) is 4.66. The van der Waals surface area contributed by atoms with Crippen LogP contribution in [0.1, 0.15) is 37.8 Å². The van der Waals surface area contributed by atoms with Crippen molar-refractivity contribution in [3.05, 3.63) is 18.2 Å². The van der Waals surface area contributed by atoms with Gasteiger partial charge in [-0.3, -0.25) is 19.4 Å². The first kappa shape index (κ1) is 31.3. The van der Waals surface area contributed by atoms with E-state index in [-0.39, 0.29) is 31.8 Å². The third-order valence-corrected chi connectivity index (χ3v) is 5.29. The van der Waals surface area contributed by atoms with Gasteiger partial charge in [0, 0.05) is 24.9 Å². The second-order valence-electron chi connectivity index (χ2n) is 8.33. The molecular formula is C21H38N10O6. The number of nitrogens with zero attached hydrogens (tertiary/aromatic N) is 2. The molecule has 0 radical (unpaired) electrons. The summed E-state index contributed by atoms with van der Waals surface area (Å²) in [6, 6.07) is -4.83. The van der Waals surface area contributed by atoms with Gasteiger partial charge in [-0.1, -0.05) is 0 Å². The van der Waals surface area contributed by atoms with Gasteiger partial charge in [0.15, 0.2) is 5.96 Å². The molecule has 0 saturated heterocycles. The summed E-state index contributed by atoms with van der Waals surface area (Å²) in [5.74, 6) is -3.65. The van der Waals surface area contributed by atoms with Crippen molar-refractivity contribution in [3.63, 3.8) is 0 Å². The monoisotopic (exact) mass is 526 g/mol. The molecule has 14 N–H and O–H groups in total. The quantitative estimate of drug-likeness (QED) is 0.0499. The highest BCUT2D eigenvalue weighted by atomic mass is 16.4. The molecule has 1 aromatic heterocycles. The number of aliphatic imine (C=N–C) groups is 1. The number of nitrogens with two attached hydrogens (primary N) is 4. The number of H-pyrrole nitrogens is 1. The van der Waals surface area contributed by atoms with Crippen molar-refractivity contribution in [1.29, 1.82) is 0 Å². The SMILES string of the molecule is NCCCCC(NC(=O)C(CO)NC(=O)C(Cc1cnc[nH]1)NC(=O)C(N)CCCN=C(N)N)C(=O)O. The lowest BCUT2D eigenvalue weighted by atomic mass is 10.1. The maximum absolute atomic E-state index is 13.0. The summed E-state index contributed by atoms with van der Waals surface area (Å²) in [6.45, 7) is -0.154. The predicted molar refractivity (Wildman–Crippen MR) is 134 cm³/mol. The molecule has 4 unspecified atom stereocenters. The highest BCUT2D eigenvalue weighted by molar-refractivity contribution is 5.94. The zero-order valence-electron chi connectivity index (χ0n) is 20.6. The van der Waals surface area contributed by atoms with Gasteiger partial charge in [0.1, 0.15) is 18.1 Å². The molecule has 0 saturated carbocycles. The molecule has 0 aliphatic rings. The first-order valence-corrected chi connectivity index (χ1v) is 11.8. The average molecular weight is 527 g/mol. The molecule has 0 aliphatic heterocycles. The zero-order chi connectivity index (χ0) is 27.8. The Morgan fingerprint density at radius 1 is 0.973 bits per heavy atom. The molecule has 1 aromatic rings. The fourth-order valence-electron chi connectivity index (χ4n) is 3.24. The van der Waals surface area contributed by atoms with Gasteiger partial charge in [0.2, 0.25) is 17.7 Å². The number of guanidine groups is 1. The molecule has 0 bridgehead atoms. The summed E-state index contributed by atoms with van der Waals surface area (Å²) in [5.41, 5.74) is 22.4. The minimum absolute atomic E-state index is 0.0189. The number of aromatic nitrogens is 2. The molecule has 16 heteroatoms. The zero-order valence-corrected chi connectivity index (χ0v) is 20.6. The first-order chi connectivity index (χ1) is 17.6. The van der Waals surface area contributed by atoms with Gasteiger partial charge in [-0.15, -0.1) is 0 Å². The number of unbranched alkanes of at least 4 members (excludes halogenated alkanes) is 1. The number of hydrogen-bond acceptors (Lipinski definition) is 9.